The van der Waals surface area contributed by atoms with E-state index >= 15 is 0 Å². The maximum Gasteiger partial charge on any atom is 0.339 e. The second-order valence-electron chi connectivity index (χ2n) is 6.17. The summed E-state index contributed by atoms with van der Waals surface area (Å²) >= 11 is 0. The topological polar surface area (TPSA) is 205 Å². The second-order valence-corrected chi connectivity index (χ2v) is 6.17. The number of carbonyl (C=O) groups excluding carboxylic acids is 1. The molecule has 27 heavy (non-hydrogen) atoms. The van der Waals surface area contributed by atoms with Gasteiger partial charge in [0.2, 0.25) is 0 Å². The molecule has 0 amide bonds. The molecule has 13 nitrogen and oxygen atoms in total. The fourth-order valence-corrected chi connectivity index (χ4v) is 2.79. The van der Waals surface area contributed by atoms with Gasteiger partial charge in [-0.2, -0.15) is 4.89 Å². The Bertz CT molecular complexity index is 488. The van der Waals surface area contributed by atoms with Crippen LogP contribution in [0.2, 0.25) is 0 Å². The molecule has 2 fully saturated rings. The molecule has 2 heterocycles. The van der Waals surface area contributed by atoms with Crippen molar-refractivity contribution >= 4 is 5.97 Å². The standard InChI is InChI=1S/C14H24O13/c1-4(17)26-27-12-7(18)5(2-15)24-14(10(12)21)25-11-6(3-16)23-13(22)9(20)8(11)19/h5-16,18-22H,2-3H2,1H3/t5-,6-,7-,8-,9-,10-,11-,12+,13-,14-/m1/s1. The highest BCUT2D eigenvalue weighted by molar-refractivity contribution is 5.65. The van der Waals surface area contributed by atoms with Gasteiger partial charge >= 0.3 is 5.97 Å². The molecule has 158 valence electrons. The lowest BCUT2D eigenvalue weighted by Crippen LogP contribution is -2.64. The molecule has 7 N–H and O–H groups in total. The summed E-state index contributed by atoms with van der Waals surface area (Å²) in [5.74, 6) is -0.868. The summed E-state index contributed by atoms with van der Waals surface area (Å²) in [6.07, 6.45) is -15.9. The van der Waals surface area contributed by atoms with Gasteiger partial charge in [-0.25, -0.2) is 4.79 Å². The van der Waals surface area contributed by atoms with Crippen molar-refractivity contribution < 1.29 is 64.5 Å². The quantitative estimate of drug-likeness (QED) is 0.165. The lowest BCUT2D eigenvalue weighted by Gasteiger charge is -2.45. The van der Waals surface area contributed by atoms with Gasteiger partial charge in [-0.15, -0.1) is 0 Å². The molecule has 0 saturated carbocycles. The highest BCUT2D eigenvalue weighted by Gasteiger charge is 2.51. The average molecular weight is 400 g/mol. The van der Waals surface area contributed by atoms with Gasteiger partial charge in [-0.3, -0.25) is 4.89 Å². The summed E-state index contributed by atoms with van der Waals surface area (Å²) in [5, 5.41) is 68.3. The van der Waals surface area contributed by atoms with Crippen molar-refractivity contribution in [2.75, 3.05) is 13.2 Å². The molecular formula is C14H24O13. The van der Waals surface area contributed by atoms with Crippen LogP contribution in [0.4, 0.5) is 0 Å². The lowest BCUT2D eigenvalue weighted by molar-refractivity contribution is -0.394. The molecule has 0 aliphatic carbocycles. The monoisotopic (exact) mass is 400 g/mol. The van der Waals surface area contributed by atoms with Crippen molar-refractivity contribution in [2.45, 2.75) is 68.3 Å². The zero-order valence-electron chi connectivity index (χ0n) is 14.3. The molecule has 0 radical (unpaired) electrons. The number of carbonyl (C=O) groups is 1. The van der Waals surface area contributed by atoms with E-state index in [9.17, 15) is 40.5 Å². The molecule has 0 bridgehead atoms. The molecule has 2 aliphatic rings. The zero-order valence-corrected chi connectivity index (χ0v) is 14.3. The Labute approximate surface area is 153 Å². The maximum atomic E-state index is 10.9. The summed E-state index contributed by atoms with van der Waals surface area (Å²) in [6.45, 7) is -0.417. The maximum absolute atomic E-state index is 10.9. The average Bonchev–Trinajstić information content (AvgIpc) is 2.63. The van der Waals surface area contributed by atoms with Gasteiger partial charge < -0.3 is 50.0 Å². The molecule has 0 aromatic rings. The van der Waals surface area contributed by atoms with Crippen LogP contribution >= 0.6 is 0 Å². The number of aliphatic hydroxyl groups is 7. The minimum atomic E-state index is -1.78. The molecule has 0 spiro atoms. The van der Waals surface area contributed by atoms with E-state index < -0.39 is 80.6 Å². The van der Waals surface area contributed by atoms with Crippen molar-refractivity contribution in [3.8, 4) is 0 Å². The third-order valence-electron chi connectivity index (χ3n) is 4.23. The van der Waals surface area contributed by atoms with Crippen LogP contribution in [-0.2, 0) is 28.8 Å². The first-order valence-corrected chi connectivity index (χ1v) is 8.13. The minimum Gasteiger partial charge on any atom is -0.394 e. The first kappa shape index (κ1) is 22.3. The predicted molar refractivity (Wildman–Crippen MR) is 79.3 cm³/mol. The van der Waals surface area contributed by atoms with Crippen LogP contribution in [0.3, 0.4) is 0 Å². The van der Waals surface area contributed by atoms with Gasteiger partial charge in [0.15, 0.2) is 18.7 Å². The van der Waals surface area contributed by atoms with E-state index in [1.54, 1.807) is 0 Å². The van der Waals surface area contributed by atoms with Crippen molar-refractivity contribution in [3.63, 3.8) is 0 Å². The van der Waals surface area contributed by atoms with Crippen molar-refractivity contribution in [2.24, 2.45) is 0 Å². The van der Waals surface area contributed by atoms with Crippen molar-refractivity contribution in [3.05, 3.63) is 0 Å². The van der Waals surface area contributed by atoms with Gasteiger partial charge in [0.25, 0.3) is 0 Å². The number of ether oxygens (including phenoxy) is 3. The van der Waals surface area contributed by atoms with Crippen LogP contribution < -0.4 is 0 Å². The molecule has 10 atom stereocenters. The fraction of sp³-hybridized carbons (Fsp3) is 0.929. The zero-order chi connectivity index (χ0) is 20.3. The SMILES string of the molecule is CC(=O)OO[C@@H]1[C@@H](O)[C@@H](O[C@H]2[C@H](O)[C@@H](O)[C@H](O)O[C@@H]2CO)O[C@H](CO)[C@H]1O. The van der Waals surface area contributed by atoms with E-state index in [1.807, 2.05) is 0 Å². The van der Waals surface area contributed by atoms with E-state index in [1.165, 1.54) is 0 Å². The number of hydrogen-bond donors (Lipinski definition) is 7. The summed E-state index contributed by atoms with van der Waals surface area (Å²) in [5.41, 5.74) is 0. The van der Waals surface area contributed by atoms with Gasteiger partial charge in [-0.1, -0.05) is 0 Å². The number of hydrogen-bond acceptors (Lipinski definition) is 13. The smallest absolute Gasteiger partial charge is 0.339 e. The highest BCUT2D eigenvalue weighted by Crippen LogP contribution is 2.29. The predicted octanol–water partition coefficient (Wildman–Crippen LogP) is -4.89. The molecule has 2 saturated heterocycles. The second kappa shape index (κ2) is 9.49. The van der Waals surface area contributed by atoms with Crippen LogP contribution in [0.1, 0.15) is 6.92 Å². The van der Waals surface area contributed by atoms with Gasteiger partial charge in [0.1, 0.15) is 42.7 Å². The molecule has 2 aliphatic heterocycles. The molecular weight excluding hydrogens is 376 g/mol. The lowest BCUT2D eigenvalue weighted by atomic mass is 9.97. The van der Waals surface area contributed by atoms with Crippen LogP contribution in [0.25, 0.3) is 0 Å². The first-order valence-electron chi connectivity index (χ1n) is 8.13. The van der Waals surface area contributed by atoms with E-state index in [-0.39, 0.29) is 0 Å². The first-order chi connectivity index (χ1) is 12.7. The third kappa shape index (κ3) is 4.90. The normalized spacial score (nSPS) is 45.5. The molecule has 13 heteroatoms. The Morgan fingerprint density at radius 3 is 2.04 bits per heavy atom. The fourth-order valence-electron chi connectivity index (χ4n) is 2.79. The number of aliphatic hydroxyl groups excluding tert-OH is 7. The summed E-state index contributed by atoms with van der Waals surface area (Å²) in [7, 11) is 0. The van der Waals surface area contributed by atoms with Gasteiger partial charge in [-0.05, 0) is 0 Å². The van der Waals surface area contributed by atoms with Crippen molar-refractivity contribution in [1.29, 1.82) is 0 Å². The van der Waals surface area contributed by atoms with Crippen LogP contribution in [0.15, 0.2) is 0 Å². The summed E-state index contributed by atoms with van der Waals surface area (Å²) in [6, 6.07) is 0. The molecule has 2 rings (SSSR count). The van der Waals surface area contributed by atoms with Gasteiger partial charge in [0.05, 0.1) is 13.2 Å². The molecule has 0 aromatic carbocycles. The van der Waals surface area contributed by atoms with Crippen LogP contribution in [-0.4, -0.2) is 116 Å². The largest absolute Gasteiger partial charge is 0.394 e. The Kier molecular flexibility index (Phi) is 7.84. The Hall–Kier alpha value is -0.970. The van der Waals surface area contributed by atoms with Crippen LogP contribution in [0.5, 0.6) is 0 Å². The Morgan fingerprint density at radius 2 is 1.48 bits per heavy atom. The summed E-state index contributed by atoms with van der Waals surface area (Å²) < 4.78 is 15.5. The van der Waals surface area contributed by atoms with E-state index in [4.69, 9.17) is 14.2 Å². The molecule has 0 unspecified atom stereocenters. The minimum absolute atomic E-state index is 0.715. The van der Waals surface area contributed by atoms with Crippen LogP contribution in [0, 0.1) is 0 Å². The number of rotatable bonds is 6. The summed E-state index contributed by atoms with van der Waals surface area (Å²) in [4.78, 5) is 19.9. The van der Waals surface area contributed by atoms with E-state index in [0.29, 0.717) is 0 Å². The molecule has 0 aromatic heterocycles. The van der Waals surface area contributed by atoms with E-state index in [0.717, 1.165) is 6.92 Å². The highest BCUT2D eigenvalue weighted by atomic mass is 17.2. The third-order valence-corrected chi connectivity index (χ3v) is 4.23. The Balaban J connectivity index is 2.15. The van der Waals surface area contributed by atoms with E-state index in [2.05, 4.69) is 9.78 Å². The Morgan fingerprint density at radius 1 is 0.852 bits per heavy atom. The van der Waals surface area contributed by atoms with Crippen molar-refractivity contribution in [1.82, 2.24) is 0 Å². The van der Waals surface area contributed by atoms with Gasteiger partial charge in [0, 0.05) is 6.92 Å².